The van der Waals surface area contributed by atoms with Crippen LogP contribution >= 0.6 is 11.6 Å². The summed E-state index contributed by atoms with van der Waals surface area (Å²) in [5, 5.41) is -0.0640. The minimum atomic E-state index is -0.614. The Hall–Kier alpha value is -2.67. The van der Waals surface area contributed by atoms with Crippen LogP contribution in [0.15, 0.2) is 35.3 Å². The number of hydrogen-bond acceptors (Lipinski definition) is 5. The van der Waals surface area contributed by atoms with Gasteiger partial charge in [-0.15, -0.1) is 0 Å². The molecule has 0 aliphatic heterocycles. The minimum Gasteiger partial charge on any atom is -0.459 e. The van der Waals surface area contributed by atoms with Crippen molar-refractivity contribution in [2.45, 2.75) is 20.0 Å². The van der Waals surface area contributed by atoms with Gasteiger partial charge in [0, 0.05) is 13.2 Å². The number of carbonyl (C=O) groups is 1. The normalized spacial score (nSPS) is 11.2. The van der Waals surface area contributed by atoms with Crippen LogP contribution in [0.1, 0.15) is 24.2 Å². The molecule has 0 aliphatic rings. The van der Waals surface area contributed by atoms with Gasteiger partial charge >= 0.3 is 11.7 Å². The van der Waals surface area contributed by atoms with Crippen molar-refractivity contribution < 1.29 is 9.53 Å². The SMILES string of the molecule is CC(C)OC(=O)c1cnc(Cl)nc1-n1c(=O)n(C)c2ccccc21. The van der Waals surface area contributed by atoms with Crippen molar-refractivity contribution in [2.24, 2.45) is 7.05 Å². The summed E-state index contributed by atoms with van der Waals surface area (Å²) in [6, 6.07) is 7.20. The van der Waals surface area contributed by atoms with Crippen LogP contribution in [0.25, 0.3) is 16.9 Å². The number of benzene rings is 1. The lowest BCUT2D eigenvalue weighted by atomic mass is 10.2. The second-order valence-corrected chi connectivity index (χ2v) is 5.83. The van der Waals surface area contributed by atoms with Gasteiger partial charge in [0.05, 0.1) is 17.1 Å². The zero-order chi connectivity index (χ0) is 17.4. The van der Waals surface area contributed by atoms with Gasteiger partial charge in [0.1, 0.15) is 5.56 Å². The van der Waals surface area contributed by atoms with Gasteiger partial charge in [0.25, 0.3) is 0 Å². The fourth-order valence-corrected chi connectivity index (χ4v) is 2.57. The maximum absolute atomic E-state index is 12.7. The first-order valence-corrected chi connectivity index (χ1v) is 7.68. The summed E-state index contributed by atoms with van der Waals surface area (Å²) in [4.78, 5) is 33.0. The predicted octanol–water partition coefficient (Wildman–Crippen LogP) is 2.34. The predicted molar refractivity (Wildman–Crippen MR) is 89.7 cm³/mol. The highest BCUT2D eigenvalue weighted by Gasteiger charge is 2.22. The molecule has 24 heavy (non-hydrogen) atoms. The number of nitrogens with zero attached hydrogens (tertiary/aromatic N) is 4. The van der Waals surface area contributed by atoms with Crippen LogP contribution in [-0.4, -0.2) is 31.2 Å². The average Bonchev–Trinajstić information content (AvgIpc) is 2.78. The molecule has 1 aromatic carbocycles. The highest BCUT2D eigenvalue weighted by atomic mass is 35.5. The van der Waals surface area contributed by atoms with E-state index >= 15 is 0 Å². The van der Waals surface area contributed by atoms with E-state index in [1.165, 1.54) is 15.3 Å². The van der Waals surface area contributed by atoms with Crippen LogP contribution in [0.4, 0.5) is 0 Å². The van der Waals surface area contributed by atoms with Gasteiger partial charge in [-0.3, -0.25) is 4.57 Å². The highest BCUT2D eigenvalue weighted by molar-refractivity contribution is 6.28. The Morgan fingerprint density at radius 1 is 1.25 bits per heavy atom. The van der Waals surface area contributed by atoms with Crippen LogP contribution < -0.4 is 5.69 Å². The molecular weight excluding hydrogens is 332 g/mol. The van der Waals surface area contributed by atoms with E-state index in [1.807, 2.05) is 12.1 Å². The summed E-state index contributed by atoms with van der Waals surface area (Å²) < 4.78 is 8.02. The number of hydrogen-bond donors (Lipinski definition) is 0. The van der Waals surface area contributed by atoms with E-state index in [0.29, 0.717) is 11.0 Å². The van der Waals surface area contributed by atoms with Gasteiger partial charge < -0.3 is 4.74 Å². The highest BCUT2D eigenvalue weighted by Crippen LogP contribution is 2.20. The van der Waals surface area contributed by atoms with Crippen LogP contribution in [0.5, 0.6) is 0 Å². The fourth-order valence-electron chi connectivity index (χ4n) is 2.44. The minimum absolute atomic E-state index is 0.0640. The number of carbonyl (C=O) groups excluding carboxylic acids is 1. The topological polar surface area (TPSA) is 79.0 Å². The van der Waals surface area contributed by atoms with Gasteiger partial charge in [0.15, 0.2) is 5.82 Å². The molecule has 124 valence electrons. The molecule has 0 saturated heterocycles. The number of aryl methyl sites for hydroxylation is 1. The van der Waals surface area contributed by atoms with Gasteiger partial charge in [-0.05, 0) is 37.6 Å². The molecule has 0 aliphatic carbocycles. The zero-order valence-corrected chi connectivity index (χ0v) is 14.1. The van der Waals surface area contributed by atoms with E-state index in [2.05, 4.69) is 9.97 Å². The van der Waals surface area contributed by atoms with E-state index in [4.69, 9.17) is 16.3 Å². The van der Waals surface area contributed by atoms with Crippen molar-refractivity contribution in [2.75, 3.05) is 0 Å². The Labute approximate surface area is 142 Å². The van der Waals surface area contributed by atoms with Crippen molar-refractivity contribution in [3.05, 3.63) is 51.8 Å². The molecule has 0 spiro atoms. The number of fused-ring (bicyclic) bond motifs is 1. The van der Waals surface area contributed by atoms with Crippen LogP contribution in [0.2, 0.25) is 5.28 Å². The Bertz CT molecular complexity index is 991. The molecule has 0 amide bonds. The molecule has 3 rings (SSSR count). The van der Waals surface area contributed by atoms with Crippen LogP contribution in [-0.2, 0) is 11.8 Å². The maximum Gasteiger partial charge on any atom is 0.343 e. The molecule has 7 nitrogen and oxygen atoms in total. The standard InChI is InChI=1S/C16H15ClN4O3/c1-9(2)24-14(22)10-8-18-15(17)19-13(10)21-12-7-5-4-6-11(12)20(3)16(21)23/h4-9H,1-3H3. The first kappa shape index (κ1) is 16.2. The summed E-state index contributed by atoms with van der Waals surface area (Å²) in [6.45, 7) is 3.47. The maximum atomic E-state index is 12.7. The third-order valence-corrected chi connectivity index (χ3v) is 3.66. The lowest BCUT2D eigenvalue weighted by Crippen LogP contribution is -2.24. The molecular formula is C16H15ClN4O3. The van der Waals surface area contributed by atoms with Crippen molar-refractivity contribution in [3.8, 4) is 5.82 Å². The summed E-state index contributed by atoms with van der Waals surface area (Å²) in [5.74, 6) is -0.515. The van der Waals surface area contributed by atoms with Gasteiger partial charge in [0.2, 0.25) is 5.28 Å². The van der Waals surface area contributed by atoms with Crippen molar-refractivity contribution >= 4 is 28.6 Å². The fraction of sp³-hybridized carbons (Fsp3) is 0.250. The molecule has 0 saturated carbocycles. The average molecular weight is 347 g/mol. The molecule has 3 aromatic rings. The number of rotatable bonds is 3. The Morgan fingerprint density at radius 3 is 2.58 bits per heavy atom. The van der Waals surface area contributed by atoms with E-state index in [9.17, 15) is 9.59 Å². The third kappa shape index (κ3) is 2.67. The molecule has 0 bridgehead atoms. The van der Waals surface area contributed by atoms with Gasteiger partial charge in [-0.2, -0.15) is 4.98 Å². The number of aromatic nitrogens is 4. The third-order valence-electron chi connectivity index (χ3n) is 3.48. The smallest absolute Gasteiger partial charge is 0.343 e. The molecule has 0 unspecified atom stereocenters. The van der Waals surface area contributed by atoms with Crippen LogP contribution in [0.3, 0.4) is 0 Å². The molecule has 0 N–H and O–H groups in total. The molecule has 0 radical (unpaired) electrons. The quantitative estimate of drug-likeness (QED) is 0.537. The summed E-state index contributed by atoms with van der Waals surface area (Å²) in [5.41, 5.74) is 1.05. The van der Waals surface area contributed by atoms with Gasteiger partial charge in [-0.25, -0.2) is 19.1 Å². The van der Waals surface area contributed by atoms with Gasteiger partial charge in [-0.1, -0.05) is 12.1 Å². The molecule has 0 atom stereocenters. The first-order chi connectivity index (χ1) is 11.4. The molecule has 8 heteroatoms. The van der Waals surface area contributed by atoms with Crippen molar-refractivity contribution in [3.63, 3.8) is 0 Å². The number of esters is 1. The van der Waals surface area contributed by atoms with Crippen molar-refractivity contribution in [1.82, 2.24) is 19.1 Å². The Balaban J connectivity index is 2.31. The van der Waals surface area contributed by atoms with E-state index < -0.39 is 5.97 Å². The summed E-state index contributed by atoms with van der Waals surface area (Å²) in [7, 11) is 1.65. The largest absolute Gasteiger partial charge is 0.459 e. The molecule has 0 fully saturated rings. The zero-order valence-electron chi connectivity index (χ0n) is 13.4. The Kier molecular flexibility index (Phi) is 4.11. The molecule has 2 aromatic heterocycles. The lowest BCUT2D eigenvalue weighted by Gasteiger charge is -2.11. The first-order valence-electron chi connectivity index (χ1n) is 7.30. The Morgan fingerprint density at radius 2 is 1.92 bits per heavy atom. The number of para-hydroxylation sites is 2. The summed E-state index contributed by atoms with van der Waals surface area (Å²) in [6.07, 6.45) is 0.953. The monoisotopic (exact) mass is 346 g/mol. The van der Waals surface area contributed by atoms with E-state index in [0.717, 1.165) is 0 Å². The second kappa shape index (κ2) is 6.09. The van der Waals surface area contributed by atoms with Crippen LogP contribution in [0, 0.1) is 0 Å². The summed E-state index contributed by atoms with van der Waals surface area (Å²) >= 11 is 5.89. The van der Waals surface area contributed by atoms with Crippen molar-refractivity contribution in [1.29, 1.82) is 0 Å². The van der Waals surface area contributed by atoms with E-state index in [-0.39, 0.29) is 28.5 Å². The van der Waals surface area contributed by atoms with E-state index in [1.54, 1.807) is 33.0 Å². The number of halogens is 1. The number of imidazole rings is 1. The molecule has 2 heterocycles. The number of ether oxygens (including phenoxy) is 1. The lowest BCUT2D eigenvalue weighted by molar-refractivity contribution is 0.0377. The second-order valence-electron chi connectivity index (χ2n) is 5.50.